The highest BCUT2D eigenvalue weighted by molar-refractivity contribution is 5.84. The summed E-state index contributed by atoms with van der Waals surface area (Å²) in [4.78, 5) is 14.5. The van der Waals surface area contributed by atoms with Gasteiger partial charge in [-0.15, -0.1) is 0 Å². The van der Waals surface area contributed by atoms with Gasteiger partial charge in [-0.2, -0.15) is 0 Å². The Kier molecular flexibility index (Phi) is 5.64. The Bertz CT molecular complexity index is 272. The van der Waals surface area contributed by atoms with Crippen molar-refractivity contribution < 1.29 is 4.79 Å². The summed E-state index contributed by atoms with van der Waals surface area (Å²) in [6.07, 6.45) is 3.55. The molecule has 1 aliphatic heterocycles. The average molecular weight is 254 g/mol. The first-order valence-corrected chi connectivity index (χ1v) is 7.50. The first kappa shape index (κ1) is 15.5. The van der Waals surface area contributed by atoms with Crippen LogP contribution in [0.25, 0.3) is 0 Å². The van der Waals surface area contributed by atoms with E-state index in [1.54, 1.807) is 0 Å². The van der Waals surface area contributed by atoms with E-state index >= 15 is 0 Å². The summed E-state index contributed by atoms with van der Waals surface area (Å²) in [5.41, 5.74) is 0. The number of nitrogens with zero attached hydrogens (tertiary/aromatic N) is 1. The van der Waals surface area contributed by atoms with Crippen LogP contribution in [0.5, 0.6) is 0 Å². The molecule has 3 unspecified atom stereocenters. The topological polar surface area (TPSA) is 32.3 Å². The largest absolute Gasteiger partial charge is 0.323 e. The minimum atomic E-state index is -0.0226. The van der Waals surface area contributed by atoms with Crippen LogP contribution in [0.15, 0.2) is 0 Å². The van der Waals surface area contributed by atoms with Gasteiger partial charge in [0, 0.05) is 6.04 Å². The van der Waals surface area contributed by atoms with Crippen LogP contribution >= 0.6 is 0 Å². The van der Waals surface area contributed by atoms with Crippen molar-refractivity contribution in [3.05, 3.63) is 0 Å². The van der Waals surface area contributed by atoms with Crippen molar-refractivity contribution in [2.24, 2.45) is 11.8 Å². The number of carbonyl (C=O) groups is 1. The van der Waals surface area contributed by atoms with Crippen molar-refractivity contribution in [2.45, 2.75) is 79.1 Å². The number of hydrogen-bond donors (Lipinski definition) is 1. The van der Waals surface area contributed by atoms with Crippen molar-refractivity contribution in [3.8, 4) is 0 Å². The zero-order valence-corrected chi connectivity index (χ0v) is 12.9. The Balaban J connectivity index is 2.83. The second kappa shape index (κ2) is 6.55. The van der Waals surface area contributed by atoms with Crippen LogP contribution in [0, 0.1) is 11.8 Å². The lowest BCUT2D eigenvalue weighted by atomic mass is 9.93. The molecule has 106 valence electrons. The van der Waals surface area contributed by atoms with E-state index in [-0.39, 0.29) is 18.1 Å². The third kappa shape index (κ3) is 3.25. The summed E-state index contributed by atoms with van der Waals surface area (Å²) in [5.74, 6) is 1.49. The molecule has 0 saturated carbocycles. The quantitative estimate of drug-likeness (QED) is 0.790. The normalized spacial score (nSPS) is 26.4. The summed E-state index contributed by atoms with van der Waals surface area (Å²) in [7, 11) is 0. The van der Waals surface area contributed by atoms with Gasteiger partial charge in [-0.1, -0.05) is 40.5 Å². The van der Waals surface area contributed by atoms with E-state index in [4.69, 9.17) is 0 Å². The van der Waals surface area contributed by atoms with Crippen molar-refractivity contribution in [1.82, 2.24) is 10.2 Å². The molecule has 1 amide bonds. The van der Waals surface area contributed by atoms with Crippen LogP contribution in [-0.2, 0) is 4.79 Å². The first-order chi connectivity index (χ1) is 8.42. The predicted molar refractivity (Wildman–Crippen MR) is 76.2 cm³/mol. The number of hydrogen-bond acceptors (Lipinski definition) is 2. The smallest absolute Gasteiger partial charge is 0.240 e. The maximum Gasteiger partial charge on any atom is 0.240 e. The Morgan fingerprint density at radius 1 is 1.22 bits per heavy atom. The molecular weight excluding hydrogens is 224 g/mol. The van der Waals surface area contributed by atoms with Gasteiger partial charge < -0.3 is 4.90 Å². The van der Waals surface area contributed by atoms with Crippen LogP contribution < -0.4 is 5.32 Å². The van der Waals surface area contributed by atoms with E-state index in [9.17, 15) is 4.79 Å². The summed E-state index contributed by atoms with van der Waals surface area (Å²) in [5, 5.41) is 3.45. The summed E-state index contributed by atoms with van der Waals surface area (Å²) < 4.78 is 0. The maximum absolute atomic E-state index is 12.3. The van der Waals surface area contributed by atoms with E-state index in [0.717, 1.165) is 19.3 Å². The van der Waals surface area contributed by atoms with Gasteiger partial charge in [0.25, 0.3) is 0 Å². The highest BCUT2D eigenvalue weighted by Crippen LogP contribution is 2.26. The zero-order valence-electron chi connectivity index (χ0n) is 12.9. The van der Waals surface area contributed by atoms with Gasteiger partial charge in [-0.3, -0.25) is 10.1 Å². The molecule has 1 heterocycles. The fraction of sp³-hybridized carbons (Fsp3) is 0.933. The number of amides is 1. The molecule has 0 aromatic rings. The standard InChI is InChI=1S/C15H30N2O/c1-7-13(8-2)12(6)17-14(9-10(3)4)16-11(5)15(17)18/h10-14,16H,7-9H2,1-6H3. The second-order valence-electron chi connectivity index (χ2n) is 6.10. The molecule has 3 atom stereocenters. The monoisotopic (exact) mass is 254 g/mol. The zero-order chi connectivity index (χ0) is 13.9. The summed E-state index contributed by atoms with van der Waals surface area (Å²) in [6, 6.07) is 0.319. The number of nitrogens with one attached hydrogen (secondary N) is 1. The SMILES string of the molecule is CCC(CC)C(C)N1C(=O)C(C)NC1CC(C)C. The predicted octanol–water partition coefficient (Wildman–Crippen LogP) is 3.00. The van der Waals surface area contributed by atoms with Gasteiger partial charge in [0.2, 0.25) is 5.91 Å². The van der Waals surface area contributed by atoms with E-state index in [0.29, 0.717) is 17.9 Å². The van der Waals surface area contributed by atoms with Gasteiger partial charge in [-0.25, -0.2) is 0 Å². The average Bonchev–Trinajstić information content (AvgIpc) is 2.55. The van der Waals surface area contributed by atoms with Crippen LogP contribution in [-0.4, -0.2) is 29.1 Å². The van der Waals surface area contributed by atoms with Crippen LogP contribution in [0.4, 0.5) is 0 Å². The van der Waals surface area contributed by atoms with Crippen molar-refractivity contribution in [2.75, 3.05) is 0 Å². The van der Waals surface area contributed by atoms with Gasteiger partial charge >= 0.3 is 0 Å². The highest BCUT2D eigenvalue weighted by Gasteiger charge is 2.40. The Morgan fingerprint density at radius 2 is 1.78 bits per heavy atom. The van der Waals surface area contributed by atoms with Crippen molar-refractivity contribution in [3.63, 3.8) is 0 Å². The first-order valence-electron chi connectivity index (χ1n) is 7.50. The summed E-state index contributed by atoms with van der Waals surface area (Å²) in [6.45, 7) is 13.1. The fourth-order valence-corrected chi connectivity index (χ4v) is 3.13. The van der Waals surface area contributed by atoms with E-state index in [1.165, 1.54) is 0 Å². The molecular formula is C15H30N2O. The maximum atomic E-state index is 12.3. The lowest BCUT2D eigenvalue weighted by Crippen LogP contribution is -2.47. The highest BCUT2D eigenvalue weighted by atomic mass is 16.2. The lowest BCUT2D eigenvalue weighted by molar-refractivity contribution is -0.133. The molecule has 0 spiro atoms. The van der Waals surface area contributed by atoms with Gasteiger partial charge in [0.05, 0.1) is 12.2 Å². The van der Waals surface area contributed by atoms with Crippen LogP contribution in [0.1, 0.15) is 60.8 Å². The van der Waals surface area contributed by atoms with Crippen LogP contribution in [0.3, 0.4) is 0 Å². The molecule has 18 heavy (non-hydrogen) atoms. The van der Waals surface area contributed by atoms with Gasteiger partial charge in [-0.05, 0) is 32.1 Å². The molecule has 3 heteroatoms. The molecule has 1 saturated heterocycles. The molecule has 1 N–H and O–H groups in total. The molecule has 0 aliphatic carbocycles. The molecule has 0 aromatic heterocycles. The molecule has 0 radical (unpaired) electrons. The van der Waals surface area contributed by atoms with Crippen molar-refractivity contribution in [1.29, 1.82) is 0 Å². The fourth-order valence-electron chi connectivity index (χ4n) is 3.13. The number of carbonyl (C=O) groups excluding carboxylic acids is 1. The lowest BCUT2D eigenvalue weighted by Gasteiger charge is -2.35. The van der Waals surface area contributed by atoms with E-state index < -0.39 is 0 Å². The Hall–Kier alpha value is -0.570. The molecule has 1 aliphatic rings. The minimum Gasteiger partial charge on any atom is -0.323 e. The minimum absolute atomic E-state index is 0.0226. The summed E-state index contributed by atoms with van der Waals surface area (Å²) >= 11 is 0. The third-order valence-electron chi connectivity index (χ3n) is 4.27. The van der Waals surface area contributed by atoms with Gasteiger partial charge in [0.1, 0.15) is 0 Å². The Morgan fingerprint density at radius 3 is 2.22 bits per heavy atom. The second-order valence-corrected chi connectivity index (χ2v) is 6.10. The molecule has 0 aromatic carbocycles. The molecule has 1 fully saturated rings. The van der Waals surface area contributed by atoms with Gasteiger partial charge in [0.15, 0.2) is 0 Å². The van der Waals surface area contributed by atoms with E-state index in [2.05, 4.69) is 44.8 Å². The Labute approximate surface area is 112 Å². The molecule has 1 rings (SSSR count). The third-order valence-corrected chi connectivity index (χ3v) is 4.27. The molecule has 0 bridgehead atoms. The number of rotatable bonds is 6. The molecule has 3 nitrogen and oxygen atoms in total. The van der Waals surface area contributed by atoms with E-state index in [1.807, 2.05) is 6.92 Å². The van der Waals surface area contributed by atoms with Crippen LogP contribution in [0.2, 0.25) is 0 Å². The van der Waals surface area contributed by atoms with Crippen molar-refractivity contribution >= 4 is 5.91 Å².